The van der Waals surface area contributed by atoms with Gasteiger partial charge in [-0.3, -0.25) is 14.4 Å². The highest BCUT2D eigenvalue weighted by atomic mass is 16.4. The molecule has 22 heavy (non-hydrogen) atoms. The van der Waals surface area contributed by atoms with Gasteiger partial charge in [-0.05, 0) is 24.8 Å². The van der Waals surface area contributed by atoms with Crippen LogP contribution in [0.15, 0.2) is 4.79 Å². The average Bonchev–Trinajstić information content (AvgIpc) is 2.50. The van der Waals surface area contributed by atoms with Crippen molar-refractivity contribution in [2.24, 2.45) is 5.92 Å². The second kappa shape index (κ2) is 8.31. The number of rotatable bonds is 8. The van der Waals surface area contributed by atoms with Gasteiger partial charge in [-0.1, -0.05) is 27.2 Å². The minimum Gasteiger partial charge on any atom is -0.481 e. The van der Waals surface area contributed by atoms with Gasteiger partial charge in [0.15, 0.2) is 0 Å². The molecule has 7 nitrogen and oxygen atoms in total. The van der Waals surface area contributed by atoms with Crippen LogP contribution in [-0.4, -0.2) is 33.7 Å². The maximum atomic E-state index is 12.3. The number of aromatic nitrogens is 2. The second-order valence-electron chi connectivity index (χ2n) is 5.09. The monoisotopic (exact) mass is 309 g/mol. The Morgan fingerprint density at radius 2 is 1.95 bits per heavy atom. The molecule has 0 bridgehead atoms. The van der Waals surface area contributed by atoms with Crippen molar-refractivity contribution >= 4 is 11.9 Å². The van der Waals surface area contributed by atoms with Crippen LogP contribution in [0.2, 0.25) is 0 Å². The van der Waals surface area contributed by atoms with Gasteiger partial charge < -0.3 is 10.4 Å². The van der Waals surface area contributed by atoms with Gasteiger partial charge in [0.1, 0.15) is 5.56 Å². The van der Waals surface area contributed by atoms with E-state index in [0.29, 0.717) is 36.9 Å². The number of nitrogens with zero attached hydrogens (tertiary/aromatic N) is 1. The predicted octanol–water partition coefficient (Wildman–Crippen LogP) is 1.13. The highest BCUT2D eigenvalue weighted by Gasteiger charge is 2.22. The van der Waals surface area contributed by atoms with Crippen molar-refractivity contribution in [3.8, 4) is 0 Å². The van der Waals surface area contributed by atoms with Crippen LogP contribution in [0.3, 0.4) is 0 Å². The minimum absolute atomic E-state index is 0.00832. The van der Waals surface area contributed by atoms with Gasteiger partial charge in [0, 0.05) is 6.54 Å². The first-order valence-electron chi connectivity index (χ1n) is 7.57. The lowest BCUT2D eigenvalue weighted by molar-refractivity contribution is -0.141. The number of carbonyl (C=O) groups excluding carboxylic acids is 1. The molecule has 0 saturated heterocycles. The lowest BCUT2D eigenvalue weighted by atomic mass is 10.0. The summed E-state index contributed by atoms with van der Waals surface area (Å²) >= 11 is 0. The Kier molecular flexibility index (Phi) is 6.75. The summed E-state index contributed by atoms with van der Waals surface area (Å²) < 4.78 is 0. The topological polar surface area (TPSA) is 112 Å². The molecule has 1 aromatic heterocycles. The van der Waals surface area contributed by atoms with Crippen LogP contribution in [0.5, 0.6) is 0 Å². The summed E-state index contributed by atoms with van der Waals surface area (Å²) in [7, 11) is 0. The SMILES string of the molecule is CCCC(CNC(=O)c1c(CC)c(CC)n[nH]c1=O)C(=O)O. The van der Waals surface area contributed by atoms with Crippen molar-refractivity contribution in [3.05, 3.63) is 27.2 Å². The lowest BCUT2D eigenvalue weighted by Gasteiger charge is -2.14. The van der Waals surface area contributed by atoms with E-state index in [1.165, 1.54) is 0 Å². The van der Waals surface area contributed by atoms with E-state index in [1.807, 2.05) is 20.8 Å². The smallest absolute Gasteiger partial charge is 0.308 e. The molecule has 1 heterocycles. The van der Waals surface area contributed by atoms with Gasteiger partial charge in [0.2, 0.25) is 0 Å². The summed E-state index contributed by atoms with van der Waals surface area (Å²) in [6, 6.07) is 0. The predicted molar refractivity (Wildman–Crippen MR) is 82.0 cm³/mol. The summed E-state index contributed by atoms with van der Waals surface area (Å²) in [5.41, 5.74) is 0.783. The number of aromatic amines is 1. The fraction of sp³-hybridized carbons (Fsp3) is 0.600. The van der Waals surface area contributed by atoms with Crippen molar-refractivity contribution in [2.45, 2.75) is 46.5 Å². The van der Waals surface area contributed by atoms with Gasteiger partial charge in [0.25, 0.3) is 11.5 Å². The van der Waals surface area contributed by atoms with Gasteiger partial charge in [-0.2, -0.15) is 5.10 Å². The number of hydrogen-bond acceptors (Lipinski definition) is 4. The van der Waals surface area contributed by atoms with Gasteiger partial charge >= 0.3 is 5.97 Å². The Morgan fingerprint density at radius 3 is 2.45 bits per heavy atom. The number of H-pyrrole nitrogens is 1. The van der Waals surface area contributed by atoms with Crippen LogP contribution in [0, 0.1) is 5.92 Å². The van der Waals surface area contributed by atoms with E-state index in [0.717, 1.165) is 0 Å². The van der Waals surface area contributed by atoms with Crippen molar-refractivity contribution in [3.63, 3.8) is 0 Å². The summed E-state index contributed by atoms with van der Waals surface area (Å²) in [6.45, 7) is 5.63. The van der Waals surface area contributed by atoms with Crippen LogP contribution in [0.4, 0.5) is 0 Å². The standard InChI is InChI=1S/C15H23N3O4/c1-4-7-9(15(21)22)8-16-13(19)12-10(5-2)11(6-3)17-18-14(12)20/h9H,4-8H2,1-3H3,(H,16,19)(H,18,20)(H,21,22). The third-order valence-corrected chi connectivity index (χ3v) is 3.58. The second-order valence-corrected chi connectivity index (χ2v) is 5.09. The zero-order chi connectivity index (χ0) is 16.7. The molecule has 1 aromatic rings. The number of carbonyl (C=O) groups is 2. The number of carboxylic acids is 1. The van der Waals surface area contributed by atoms with E-state index in [9.17, 15) is 14.4 Å². The van der Waals surface area contributed by atoms with Crippen LogP contribution < -0.4 is 10.9 Å². The molecule has 0 saturated carbocycles. The fourth-order valence-corrected chi connectivity index (χ4v) is 2.40. The van der Waals surface area contributed by atoms with E-state index >= 15 is 0 Å². The van der Waals surface area contributed by atoms with E-state index in [-0.39, 0.29) is 12.1 Å². The normalized spacial score (nSPS) is 12.0. The van der Waals surface area contributed by atoms with Crippen molar-refractivity contribution in [1.82, 2.24) is 15.5 Å². The summed E-state index contributed by atoms with van der Waals surface area (Å²) in [5.74, 6) is -2.14. The molecule has 0 aliphatic rings. The van der Waals surface area contributed by atoms with Crippen molar-refractivity contribution in [1.29, 1.82) is 0 Å². The van der Waals surface area contributed by atoms with Gasteiger partial charge in [-0.15, -0.1) is 0 Å². The zero-order valence-corrected chi connectivity index (χ0v) is 13.2. The molecule has 1 amide bonds. The van der Waals surface area contributed by atoms with Gasteiger partial charge in [-0.25, -0.2) is 5.10 Å². The molecule has 1 unspecified atom stereocenters. The van der Waals surface area contributed by atoms with Gasteiger partial charge in [0.05, 0.1) is 11.6 Å². The van der Waals surface area contributed by atoms with Crippen LogP contribution in [0.1, 0.15) is 55.2 Å². The maximum Gasteiger partial charge on any atom is 0.308 e. The number of carboxylic acid groups (broad SMARTS) is 1. The number of amides is 1. The van der Waals surface area contributed by atoms with E-state index in [4.69, 9.17) is 5.11 Å². The molecule has 7 heteroatoms. The molecule has 0 spiro atoms. The van der Waals surface area contributed by atoms with E-state index < -0.39 is 23.4 Å². The highest BCUT2D eigenvalue weighted by Crippen LogP contribution is 2.11. The van der Waals surface area contributed by atoms with E-state index in [1.54, 1.807) is 0 Å². The zero-order valence-electron chi connectivity index (χ0n) is 13.2. The Balaban J connectivity index is 2.98. The molecule has 3 N–H and O–H groups in total. The van der Waals surface area contributed by atoms with Crippen LogP contribution >= 0.6 is 0 Å². The summed E-state index contributed by atoms with van der Waals surface area (Å²) in [4.78, 5) is 35.3. The Hall–Kier alpha value is -2.18. The molecule has 122 valence electrons. The third-order valence-electron chi connectivity index (χ3n) is 3.58. The first-order valence-corrected chi connectivity index (χ1v) is 7.57. The number of aryl methyl sites for hydroxylation is 1. The molecule has 0 radical (unpaired) electrons. The quantitative estimate of drug-likeness (QED) is 0.666. The molecular formula is C15H23N3O4. The first kappa shape index (κ1) is 17.9. The fourth-order valence-electron chi connectivity index (χ4n) is 2.40. The summed E-state index contributed by atoms with van der Waals surface area (Å²) in [6.07, 6.45) is 2.31. The molecule has 0 aromatic carbocycles. The number of aliphatic carboxylic acids is 1. The largest absolute Gasteiger partial charge is 0.481 e. The minimum atomic E-state index is -0.948. The first-order chi connectivity index (χ1) is 10.5. The van der Waals surface area contributed by atoms with Crippen LogP contribution in [-0.2, 0) is 17.6 Å². The molecule has 1 atom stereocenters. The molecule has 0 fully saturated rings. The van der Waals surface area contributed by atoms with Crippen LogP contribution in [0.25, 0.3) is 0 Å². The maximum absolute atomic E-state index is 12.3. The molecule has 0 aliphatic heterocycles. The molecular weight excluding hydrogens is 286 g/mol. The Bertz CT molecular complexity index is 595. The molecule has 0 aliphatic carbocycles. The highest BCUT2D eigenvalue weighted by molar-refractivity contribution is 5.95. The number of nitrogens with one attached hydrogen (secondary N) is 2. The Morgan fingerprint density at radius 1 is 1.27 bits per heavy atom. The third kappa shape index (κ3) is 4.16. The molecule has 1 rings (SSSR count). The Labute approximate surface area is 129 Å². The lowest BCUT2D eigenvalue weighted by Crippen LogP contribution is -2.37. The van der Waals surface area contributed by atoms with Crippen molar-refractivity contribution < 1.29 is 14.7 Å². The van der Waals surface area contributed by atoms with Crippen molar-refractivity contribution in [2.75, 3.05) is 6.54 Å². The number of hydrogen-bond donors (Lipinski definition) is 3. The van der Waals surface area contributed by atoms with E-state index in [2.05, 4.69) is 15.5 Å². The summed E-state index contributed by atoms with van der Waals surface area (Å²) in [5, 5.41) is 17.9. The average molecular weight is 309 g/mol.